The molecule has 0 aliphatic carbocycles. The fourth-order valence-electron chi connectivity index (χ4n) is 1.01. The zero-order valence-corrected chi connectivity index (χ0v) is 9.77. The molecule has 0 spiro atoms. The summed E-state index contributed by atoms with van der Waals surface area (Å²) in [6.07, 6.45) is 9.79. The van der Waals surface area contributed by atoms with E-state index in [2.05, 4.69) is 9.47 Å². The third-order valence-electron chi connectivity index (χ3n) is 1.91. The fraction of sp³-hybridized carbons (Fsp3) is 0.500. The van der Waals surface area contributed by atoms with Crippen LogP contribution < -0.4 is 0 Å². The van der Waals surface area contributed by atoms with Crippen LogP contribution in [0.25, 0.3) is 0 Å². The van der Waals surface area contributed by atoms with Gasteiger partial charge in [-0.1, -0.05) is 18.2 Å². The molecule has 4 heteroatoms. The average Bonchev–Trinajstić information content (AvgIpc) is 2.31. The number of esters is 2. The van der Waals surface area contributed by atoms with Crippen molar-refractivity contribution in [2.24, 2.45) is 0 Å². The predicted molar refractivity (Wildman–Crippen MR) is 60.8 cm³/mol. The van der Waals surface area contributed by atoms with E-state index in [4.69, 9.17) is 0 Å². The number of hydrogen-bond acceptors (Lipinski definition) is 4. The maximum atomic E-state index is 10.8. The minimum absolute atomic E-state index is 0.172. The Morgan fingerprint density at radius 1 is 1.06 bits per heavy atom. The molecule has 0 N–H and O–H groups in total. The lowest BCUT2D eigenvalue weighted by Crippen LogP contribution is -1.98. The second-order valence-corrected chi connectivity index (χ2v) is 3.13. The van der Waals surface area contributed by atoms with Gasteiger partial charge in [0.1, 0.15) is 0 Å². The van der Waals surface area contributed by atoms with Crippen molar-refractivity contribution in [2.45, 2.75) is 25.7 Å². The molecule has 4 nitrogen and oxygen atoms in total. The number of hydrogen-bond donors (Lipinski definition) is 0. The summed E-state index contributed by atoms with van der Waals surface area (Å²) in [5.41, 5.74) is 0. The minimum Gasteiger partial charge on any atom is -0.469 e. The van der Waals surface area contributed by atoms with E-state index in [0.717, 1.165) is 19.3 Å². The van der Waals surface area contributed by atoms with Crippen molar-refractivity contribution in [1.82, 2.24) is 0 Å². The van der Waals surface area contributed by atoms with Gasteiger partial charge in [0, 0.05) is 12.5 Å². The molecule has 0 aromatic rings. The van der Waals surface area contributed by atoms with Crippen LogP contribution in [0.5, 0.6) is 0 Å². The highest BCUT2D eigenvalue weighted by Gasteiger charge is 1.97. The van der Waals surface area contributed by atoms with Gasteiger partial charge in [-0.15, -0.1) is 0 Å². The third kappa shape index (κ3) is 8.99. The summed E-state index contributed by atoms with van der Waals surface area (Å²) in [7, 11) is 2.73. The van der Waals surface area contributed by atoms with Crippen LogP contribution in [0.2, 0.25) is 0 Å². The van der Waals surface area contributed by atoms with Gasteiger partial charge in [-0.05, 0) is 19.3 Å². The maximum Gasteiger partial charge on any atom is 0.330 e. The fourth-order valence-corrected chi connectivity index (χ4v) is 1.01. The van der Waals surface area contributed by atoms with Crippen molar-refractivity contribution in [3.63, 3.8) is 0 Å². The standard InChI is InChI=1S/C12H18O4/c1-15-11(13)9-7-5-3-4-6-8-10-12(14)16-2/h3,5,7,9H,4,6,8,10H2,1-2H3. The van der Waals surface area contributed by atoms with E-state index in [1.807, 2.05) is 6.08 Å². The third-order valence-corrected chi connectivity index (χ3v) is 1.91. The maximum absolute atomic E-state index is 10.8. The number of ether oxygens (including phenoxy) is 2. The van der Waals surface area contributed by atoms with Crippen LogP contribution in [0.4, 0.5) is 0 Å². The van der Waals surface area contributed by atoms with Crippen molar-refractivity contribution in [3.8, 4) is 0 Å². The monoisotopic (exact) mass is 226 g/mol. The highest BCUT2D eigenvalue weighted by molar-refractivity contribution is 5.82. The highest BCUT2D eigenvalue weighted by Crippen LogP contribution is 2.01. The summed E-state index contributed by atoms with van der Waals surface area (Å²) in [5, 5.41) is 0. The summed E-state index contributed by atoms with van der Waals surface area (Å²) in [6, 6.07) is 0. The molecule has 0 saturated carbocycles. The first-order valence-electron chi connectivity index (χ1n) is 5.18. The molecule has 0 amide bonds. The second kappa shape index (κ2) is 9.96. The van der Waals surface area contributed by atoms with Crippen LogP contribution in [0.1, 0.15) is 25.7 Å². The molecule has 0 aromatic carbocycles. The molecule has 0 heterocycles. The molecule has 0 unspecified atom stereocenters. The zero-order chi connectivity index (χ0) is 12.2. The lowest BCUT2D eigenvalue weighted by molar-refractivity contribution is -0.140. The summed E-state index contributed by atoms with van der Waals surface area (Å²) in [5.74, 6) is -0.537. The van der Waals surface area contributed by atoms with Gasteiger partial charge in [-0.3, -0.25) is 4.79 Å². The lowest BCUT2D eigenvalue weighted by atomic mass is 10.2. The van der Waals surface area contributed by atoms with Crippen molar-refractivity contribution >= 4 is 11.9 Å². The molecular weight excluding hydrogens is 208 g/mol. The van der Waals surface area contributed by atoms with E-state index < -0.39 is 0 Å². The Balaban J connectivity index is 3.44. The molecule has 0 atom stereocenters. The van der Waals surface area contributed by atoms with Gasteiger partial charge in [-0.2, -0.15) is 0 Å². The summed E-state index contributed by atoms with van der Waals surface area (Å²) in [4.78, 5) is 21.4. The molecule has 16 heavy (non-hydrogen) atoms. The van der Waals surface area contributed by atoms with Crippen molar-refractivity contribution < 1.29 is 19.1 Å². The van der Waals surface area contributed by atoms with E-state index in [-0.39, 0.29) is 11.9 Å². The molecule has 0 saturated heterocycles. The number of allylic oxidation sites excluding steroid dienone is 3. The SMILES string of the molecule is COC(=O)C=CC=CCCCCC(=O)OC. The summed E-state index contributed by atoms with van der Waals surface area (Å²) >= 11 is 0. The van der Waals surface area contributed by atoms with E-state index in [9.17, 15) is 9.59 Å². The van der Waals surface area contributed by atoms with Crippen molar-refractivity contribution in [1.29, 1.82) is 0 Å². The van der Waals surface area contributed by atoms with Gasteiger partial charge in [-0.25, -0.2) is 4.79 Å². The Labute approximate surface area is 95.9 Å². The largest absolute Gasteiger partial charge is 0.469 e. The van der Waals surface area contributed by atoms with Gasteiger partial charge in [0.2, 0.25) is 0 Å². The molecule has 0 fully saturated rings. The molecule has 0 aromatic heterocycles. The van der Waals surface area contributed by atoms with Crippen molar-refractivity contribution in [3.05, 3.63) is 24.3 Å². The normalized spacial score (nSPS) is 10.9. The predicted octanol–water partition coefficient (Wildman–Crippen LogP) is 2.01. The quantitative estimate of drug-likeness (QED) is 0.288. The van der Waals surface area contributed by atoms with Crippen LogP contribution in [-0.4, -0.2) is 26.2 Å². The van der Waals surface area contributed by atoms with Crippen LogP contribution in [0.15, 0.2) is 24.3 Å². The minimum atomic E-state index is -0.365. The first-order valence-corrected chi connectivity index (χ1v) is 5.18. The van der Waals surface area contributed by atoms with Crippen molar-refractivity contribution in [2.75, 3.05) is 14.2 Å². The molecule has 0 rings (SSSR count). The Kier molecular flexibility index (Phi) is 8.97. The number of methoxy groups -OCH3 is 2. The smallest absolute Gasteiger partial charge is 0.330 e. The topological polar surface area (TPSA) is 52.6 Å². The van der Waals surface area contributed by atoms with Crippen LogP contribution in [0, 0.1) is 0 Å². The number of rotatable bonds is 7. The van der Waals surface area contributed by atoms with Gasteiger partial charge < -0.3 is 9.47 Å². The molecular formula is C12H18O4. The Bertz CT molecular complexity index is 266. The molecule has 0 bridgehead atoms. The van der Waals surface area contributed by atoms with Crippen LogP contribution in [0.3, 0.4) is 0 Å². The number of carbonyl (C=O) groups excluding carboxylic acids is 2. The molecule has 0 aliphatic heterocycles. The van der Waals surface area contributed by atoms with E-state index in [0.29, 0.717) is 6.42 Å². The highest BCUT2D eigenvalue weighted by atomic mass is 16.5. The number of carbonyl (C=O) groups is 2. The van der Waals surface area contributed by atoms with E-state index >= 15 is 0 Å². The zero-order valence-electron chi connectivity index (χ0n) is 9.77. The number of unbranched alkanes of at least 4 members (excludes halogenated alkanes) is 2. The molecule has 0 radical (unpaired) electrons. The van der Waals surface area contributed by atoms with Crippen LogP contribution >= 0.6 is 0 Å². The first-order chi connectivity index (χ1) is 7.70. The van der Waals surface area contributed by atoms with E-state index in [1.165, 1.54) is 20.3 Å². The van der Waals surface area contributed by atoms with Gasteiger partial charge in [0.25, 0.3) is 0 Å². The molecule has 90 valence electrons. The second-order valence-electron chi connectivity index (χ2n) is 3.13. The lowest BCUT2D eigenvalue weighted by Gasteiger charge is -1.96. The van der Waals surface area contributed by atoms with Gasteiger partial charge in [0.05, 0.1) is 14.2 Å². The Hall–Kier alpha value is -1.58. The van der Waals surface area contributed by atoms with E-state index in [1.54, 1.807) is 12.2 Å². The average molecular weight is 226 g/mol. The molecule has 0 aliphatic rings. The first kappa shape index (κ1) is 14.4. The van der Waals surface area contributed by atoms with Gasteiger partial charge >= 0.3 is 11.9 Å². The summed E-state index contributed by atoms with van der Waals surface area (Å²) < 4.78 is 8.94. The van der Waals surface area contributed by atoms with Gasteiger partial charge in [0.15, 0.2) is 0 Å². The Morgan fingerprint density at radius 3 is 2.44 bits per heavy atom. The van der Waals surface area contributed by atoms with Crippen LogP contribution in [-0.2, 0) is 19.1 Å². The Morgan fingerprint density at radius 2 is 1.81 bits per heavy atom. The summed E-state index contributed by atoms with van der Waals surface area (Å²) in [6.45, 7) is 0.